The number of hydrogen-bond donors (Lipinski definition) is 2. The average molecular weight is 450 g/mol. The van der Waals surface area contributed by atoms with Crippen LogP contribution in [0.25, 0.3) is 0 Å². The average Bonchev–Trinajstić information content (AvgIpc) is 2.69. The molecule has 0 heterocycles. The van der Waals surface area contributed by atoms with Crippen LogP contribution in [0.15, 0.2) is 0 Å². The van der Waals surface area contributed by atoms with Crippen molar-refractivity contribution in [3.05, 3.63) is 0 Å². The Bertz CT molecular complexity index is 536. The van der Waals surface area contributed by atoms with Gasteiger partial charge in [-0.3, -0.25) is 14.1 Å². The highest BCUT2D eigenvalue weighted by molar-refractivity contribution is 7.80. The monoisotopic (exact) mass is 449 g/mol. The minimum atomic E-state index is -4.43. The Morgan fingerprint density at radius 2 is 1.13 bits per heavy atom. The molecule has 7 nitrogen and oxygen atoms in total. The molecule has 0 aliphatic carbocycles. The molecule has 0 unspecified atom stereocenters. The standard InChI is InChI=1S/C22H43NO6S/c1-2-21(24)17-15-13-11-9-7-5-3-4-6-8-10-12-14-16-18-22(25)23-19-20-29-30(26,27)28/h2-20H2,1H3,(H,23,25)(H,26,27,28). The molecule has 0 saturated carbocycles. The van der Waals surface area contributed by atoms with Crippen LogP contribution in [0.3, 0.4) is 0 Å². The topological polar surface area (TPSA) is 110 Å². The second-order valence-electron chi connectivity index (χ2n) is 7.94. The molecule has 0 aromatic heterocycles. The van der Waals surface area contributed by atoms with E-state index in [9.17, 15) is 18.0 Å². The first-order valence-electron chi connectivity index (χ1n) is 11.8. The predicted molar refractivity (Wildman–Crippen MR) is 120 cm³/mol. The summed E-state index contributed by atoms with van der Waals surface area (Å²) in [5.41, 5.74) is 0. The zero-order chi connectivity index (χ0) is 22.5. The lowest BCUT2D eigenvalue weighted by Crippen LogP contribution is -2.27. The molecule has 0 fully saturated rings. The fraction of sp³-hybridized carbons (Fsp3) is 0.909. The van der Waals surface area contributed by atoms with Gasteiger partial charge in [0.15, 0.2) is 0 Å². The third-order valence-corrected chi connectivity index (χ3v) is 5.62. The first-order valence-corrected chi connectivity index (χ1v) is 13.1. The third-order valence-electron chi connectivity index (χ3n) is 5.16. The van der Waals surface area contributed by atoms with E-state index in [0.717, 1.165) is 32.1 Å². The van der Waals surface area contributed by atoms with Crippen LogP contribution in [0.4, 0.5) is 0 Å². The van der Waals surface area contributed by atoms with E-state index in [1.807, 2.05) is 6.92 Å². The van der Waals surface area contributed by atoms with Gasteiger partial charge in [0.25, 0.3) is 0 Å². The molecule has 0 rings (SSSR count). The van der Waals surface area contributed by atoms with Crippen molar-refractivity contribution in [3.8, 4) is 0 Å². The summed E-state index contributed by atoms with van der Waals surface area (Å²) in [5.74, 6) is 0.269. The summed E-state index contributed by atoms with van der Waals surface area (Å²) in [6.45, 7) is 1.74. The molecule has 0 saturated heterocycles. The minimum absolute atomic E-state index is 0.0680. The number of nitrogens with one attached hydrogen (secondary N) is 1. The third kappa shape index (κ3) is 23.3. The van der Waals surface area contributed by atoms with Gasteiger partial charge in [-0.15, -0.1) is 0 Å². The fourth-order valence-electron chi connectivity index (χ4n) is 3.33. The molecule has 0 radical (unpaired) electrons. The van der Waals surface area contributed by atoms with Gasteiger partial charge in [0, 0.05) is 25.8 Å². The Morgan fingerprint density at radius 3 is 1.53 bits per heavy atom. The number of Topliss-reactive ketones (excluding diaryl/α,β-unsaturated/α-hetero) is 1. The number of carbonyl (C=O) groups is 2. The smallest absolute Gasteiger partial charge is 0.354 e. The lowest BCUT2D eigenvalue weighted by atomic mass is 10.0. The number of carbonyl (C=O) groups excluding carboxylic acids is 2. The maximum absolute atomic E-state index is 11.5. The summed E-state index contributed by atoms with van der Waals surface area (Å²) in [7, 11) is -4.43. The summed E-state index contributed by atoms with van der Waals surface area (Å²) in [4.78, 5) is 22.7. The van der Waals surface area contributed by atoms with Gasteiger partial charge in [-0.25, -0.2) is 4.18 Å². The van der Waals surface area contributed by atoms with Gasteiger partial charge >= 0.3 is 10.4 Å². The molecule has 8 heteroatoms. The first-order chi connectivity index (χ1) is 14.3. The second-order valence-corrected chi connectivity index (χ2v) is 9.03. The Hall–Kier alpha value is -0.990. The maximum Gasteiger partial charge on any atom is 0.397 e. The van der Waals surface area contributed by atoms with E-state index in [2.05, 4.69) is 9.50 Å². The van der Waals surface area contributed by atoms with Crippen molar-refractivity contribution >= 4 is 22.1 Å². The van der Waals surface area contributed by atoms with E-state index in [1.54, 1.807) is 0 Å². The van der Waals surface area contributed by atoms with E-state index < -0.39 is 10.4 Å². The van der Waals surface area contributed by atoms with E-state index in [1.165, 1.54) is 64.2 Å². The van der Waals surface area contributed by atoms with Gasteiger partial charge in [0.1, 0.15) is 5.78 Å². The normalized spacial score (nSPS) is 11.5. The first kappa shape index (κ1) is 29.0. The molecule has 0 atom stereocenters. The highest BCUT2D eigenvalue weighted by atomic mass is 32.3. The molecule has 178 valence electrons. The number of rotatable bonds is 22. The number of ketones is 1. The molecule has 30 heavy (non-hydrogen) atoms. The molecular weight excluding hydrogens is 406 g/mol. The van der Waals surface area contributed by atoms with Crippen molar-refractivity contribution in [2.45, 2.75) is 116 Å². The molecule has 2 N–H and O–H groups in total. The Kier molecular flexibility index (Phi) is 19.3. The van der Waals surface area contributed by atoms with Gasteiger partial charge in [-0.2, -0.15) is 8.42 Å². The highest BCUT2D eigenvalue weighted by Crippen LogP contribution is 2.14. The Balaban J connectivity index is 3.20. The Morgan fingerprint density at radius 1 is 0.733 bits per heavy atom. The van der Waals surface area contributed by atoms with Crippen LogP contribution in [0.5, 0.6) is 0 Å². The van der Waals surface area contributed by atoms with E-state index in [-0.39, 0.29) is 19.1 Å². The number of hydrogen-bond acceptors (Lipinski definition) is 5. The molecule has 0 aromatic carbocycles. The van der Waals surface area contributed by atoms with Crippen LogP contribution in [0.2, 0.25) is 0 Å². The van der Waals surface area contributed by atoms with Crippen molar-refractivity contribution in [1.29, 1.82) is 0 Å². The van der Waals surface area contributed by atoms with Crippen LogP contribution in [0, 0.1) is 0 Å². The molecule has 1 amide bonds. The lowest BCUT2D eigenvalue weighted by molar-refractivity contribution is -0.121. The molecule has 0 bridgehead atoms. The van der Waals surface area contributed by atoms with Crippen molar-refractivity contribution in [1.82, 2.24) is 5.32 Å². The van der Waals surface area contributed by atoms with Crippen LogP contribution in [-0.4, -0.2) is 37.8 Å². The zero-order valence-electron chi connectivity index (χ0n) is 18.8. The zero-order valence-corrected chi connectivity index (χ0v) is 19.6. The van der Waals surface area contributed by atoms with Gasteiger partial charge in [-0.05, 0) is 12.8 Å². The predicted octanol–water partition coefficient (Wildman–Crippen LogP) is 5.14. The SMILES string of the molecule is CCC(=O)CCCCCCCCCCCCCCCCC(=O)NCCOS(=O)(=O)O. The molecule has 0 spiro atoms. The van der Waals surface area contributed by atoms with Crippen molar-refractivity contribution < 1.29 is 26.7 Å². The lowest BCUT2D eigenvalue weighted by Gasteiger charge is -2.05. The van der Waals surface area contributed by atoms with Crippen molar-refractivity contribution in [3.63, 3.8) is 0 Å². The quantitative estimate of drug-likeness (QED) is 0.175. The van der Waals surface area contributed by atoms with Gasteiger partial charge in [0.2, 0.25) is 5.91 Å². The van der Waals surface area contributed by atoms with Gasteiger partial charge in [-0.1, -0.05) is 84.0 Å². The summed E-state index contributed by atoms with van der Waals surface area (Å²) in [5, 5.41) is 2.56. The van der Waals surface area contributed by atoms with Crippen molar-refractivity contribution in [2.75, 3.05) is 13.2 Å². The summed E-state index contributed by atoms with van der Waals surface area (Å²) in [6, 6.07) is 0. The largest absolute Gasteiger partial charge is 0.397 e. The summed E-state index contributed by atoms with van der Waals surface area (Å²) >= 11 is 0. The summed E-state index contributed by atoms with van der Waals surface area (Å²) in [6.07, 6.45) is 18.7. The fourth-order valence-corrected chi connectivity index (χ4v) is 3.63. The molecule has 0 aliphatic rings. The van der Waals surface area contributed by atoms with Crippen LogP contribution >= 0.6 is 0 Å². The summed E-state index contributed by atoms with van der Waals surface area (Å²) < 4.78 is 33.2. The molecular formula is C22H43NO6S. The van der Waals surface area contributed by atoms with Crippen LogP contribution in [0.1, 0.15) is 116 Å². The maximum atomic E-state index is 11.5. The molecule has 0 aliphatic heterocycles. The second kappa shape index (κ2) is 19.9. The van der Waals surface area contributed by atoms with E-state index in [4.69, 9.17) is 4.55 Å². The number of amides is 1. The van der Waals surface area contributed by atoms with E-state index in [0.29, 0.717) is 18.6 Å². The Labute approximate surface area is 183 Å². The van der Waals surface area contributed by atoms with Crippen LogP contribution in [-0.2, 0) is 24.2 Å². The minimum Gasteiger partial charge on any atom is -0.354 e. The van der Waals surface area contributed by atoms with Crippen molar-refractivity contribution in [2.24, 2.45) is 0 Å². The van der Waals surface area contributed by atoms with Gasteiger partial charge in [0.05, 0.1) is 6.61 Å². The highest BCUT2D eigenvalue weighted by Gasteiger charge is 2.05. The van der Waals surface area contributed by atoms with Gasteiger partial charge < -0.3 is 5.32 Å². The van der Waals surface area contributed by atoms with Crippen LogP contribution < -0.4 is 5.32 Å². The van der Waals surface area contributed by atoms with E-state index >= 15 is 0 Å². The molecule has 0 aromatic rings. The number of unbranched alkanes of at least 4 members (excludes halogenated alkanes) is 13.